The molecule has 7 nitrogen and oxygen atoms in total. The Labute approximate surface area is 198 Å². The van der Waals surface area contributed by atoms with E-state index in [0.717, 1.165) is 18.2 Å². The van der Waals surface area contributed by atoms with E-state index >= 15 is 4.39 Å². The van der Waals surface area contributed by atoms with Crippen LogP contribution in [-0.2, 0) is 11.8 Å². The molecular formula is C25H21F3N6O. The second-order valence-corrected chi connectivity index (χ2v) is 9.61. The minimum atomic E-state index is -0.901. The first-order valence-electron chi connectivity index (χ1n) is 11.5. The van der Waals surface area contributed by atoms with Gasteiger partial charge in [0.1, 0.15) is 11.6 Å². The van der Waals surface area contributed by atoms with Crippen molar-refractivity contribution in [3.63, 3.8) is 0 Å². The molecule has 0 amide bonds. The molecular weight excluding hydrogens is 457 g/mol. The van der Waals surface area contributed by atoms with Crippen LogP contribution in [0.4, 0.5) is 13.2 Å². The Kier molecular flexibility index (Phi) is 4.61. The van der Waals surface area contributed by atoms with Crippen LogP contribution in [-0.4, -0.2) is 30.3 Å². The van der Waals surface area contributed by atoms with Crippen LogP contribution in [0, 0.1) is 22.9 Å². The Balaban J connectivity index is 1.54. The lowest BCUT2D eigenvalue weighted by Crippen LogP contribution is -2.39. The molecule has 2 aliphatic rings. The average molecular weight is 478 g/mol. The molecule has 0 unspecified atom stereocenters. The molecule has 3 aromatic heterocycles. The Morgan fingerprint density at radius 3 is 2.51 bits per heavy atom. The third-order valence-corrected chi connectivity index (χ3v) is 7.73. The van der Waals surface area contributed by atoms with Crippen LogP contribution in [0.3, 0.4) is 0 Å². The molecule has 0 aliphatic heterocycles. The molecule has 6 rings (SSSR count). The van der Waals surface area contributed by atoms with Crippen LogP contribution < -0.4 is 0 Å². The minimum Gasteiger partial charge on any atom is -0.330 e. The Hall–Kier alpha value is -3.69. The number of aryl methyl sites for hydroxylation is 1. The average Bonchev–Trinajstić information content (AvgIpc) is 3.47. The van der Waals surface area contributed by atoms with Gasteiger partial charge in [0.05, 0.1) is 34.3 Å². The van der Waals surface area contributed by atoms with E-state index in [2.05, 4.69) is 30.3 Å². The number of fused-ring (bicyclic) bond motifs is 5. The van der Waals surface area contributed by atoms with Crippen molar-refractivity contribution >= 4 is 0 Å². The summed E-state index contributed by atoms with van der Waals surface area (Å²) < 4.78 is 49.6. The highest BCUT2D eigenvalue weighted by Crippen LogP contribution is 2.69. The van der Waals surface area contributed by atoms with Crippen LogP contribution in [0.25, 0.3) is 23.0 Å². The first-order chi connectivity index (χ1) is 16.8. The Morgan fingerprint density at radius 1 is 1.03 bits per heavy atom. The van der Waals surface area contributed by atoms with E-state index in [-0.39, 0.29) is 34.6 Å². The zero-order valence-electron chi connectivity index (χ0n) is 19.3. The van der Waals surface area contributed by atoms with Gasteiger partial charge in [0.25, 0.3) is 5.89 Å². The molecule has 2 atom stereocenters. The van der Waals surface area contributed by atoms with Crippen molar-refractivity contribution in [3.05, 3.63) is 70.7 Å². The minimum absolute atomic E-state index is 0.0190. The van der Waals surface area contributed by atoms with Crippen molar-refractivity contribution in [1.82, 2.24) is 30.3 Å². The summed E-state index contributed by atoms with van der Waals surface area (Å²) in [6, 6.07) is 5.36. The predicted molar refractivity (Wildman–Crippen MR) is 119 cm³/mol. The highest BCUT2D eigenvalue weighted by atomic mass is 19.1. The van der Waals surface area contributed by atoms with E-state index in [9.17, 15) is 8.78 Å². The van der Waals surface area contributed by atoms with E-state index in [1.165, 1.54) is 18.2 Å². The second-order valence-electron chi connectivity index (χ2n) is 9.61. The summed E-state index contributed by atoms with van der Waals surface area (Å²) in [6.07, 6.45) is 3.02. The van der Waals surface area contributed by atoms with Gasteiger partial charge in [-0.05, 0) is 47.9 Å². The molecule has 4 aromatic rings. The second kappa shape index (κ2) is 7.40. The SMILES string of the molecule is CCc1noc(-c2ncc(F)c([C@@]34CC[C@@H](c5cc(-c6c(F)cccc6F)nnc53)C4(C)C)n2)n1. The molecule has 0 saturated heterocycles. The van der Waals surface area contributed by atoms with E-state index in [1.807, 2.05) is 20.8 Å². The summed E-state index contributed by atoms with van der Waals surface area (Å²) in [4.78, 5) is 12.9. The van der Waals surface area contributed by atoms with Gasteiger partial charge in [-0.3, -0.25) is 0 Å². The summed E-state index contributed by atoms with van der Waals surface area (Å²) in [5.41, 5.74) is 0.0514. The molecule has 178 valence electrons. The fourth-order valence-corrected chi connectivity index (χ4v) is 5.97. The largest absolute Gasteiger partial charge is 0.330 e. The van der Waals surface area contributed by atoms with Crippen molar-refractivity contribution in [2.24, 2.45) is 5.41 Å². The molecule has 3 heterocycles. The highest BCUT2D eigenvalue weighted by molar-refractivity contribution is 5.64. The Morgan fingerprint density at radius 2 is 1.80 bits per heavy atom. The van der Waals surface area contributed by atoms with Gasteiger partial charge >= 0.3 is 0 Å². The Bertz CT molecular complexity index is 1470. The van der Waals surface area contributed by atoms with E-state index in [1.54, 1.807) is 6.07 Å². The number of hydrogen-bond donors (Lipinski definition) is 0. The monoisotopic (exact) mass is 478 g/mol. The third-order valence-electron chi connectivity index (χ3n) is 7.73. The number of aromatic nitrogens is 6. The molecule has 1 fully saturated rings. The number of rotatable bonds is 4. The lowest BCUT2D eigenvalue weighted by atomic mass is 9.66. The van der Waals surface area contributed by atoms with Crippen LogP contribution in [0.5, 0.6) is 0 Å². The smallest absolute Gasteiger partial charge is 0.295 e. The number of halogens is 3. The van der Waals surface area contributed by atoms with Crippen LogP contribution >= 0.6 is 0 Å². The van der Waals surface area contributed by atoms with Gasteiger partial charge in [-0.1, -0.05) is 32.0 Å². The molecule has 2 bridgehead atoms. The lowest BCUT2D eigenvalue weighted by Gasteiger charge is -2.37. The first kappa shape index (κ1) is 21.8. The zero-order valence-corrected chi connectivity index (χ0v) is 19.3. The molecule has 1 saturated carbocycles. The molecule has 2 aliphatic carbocycles. The van der Waals surface area contributed by atoms with Crippen molar-refractivity contribution in [3.8, 4) is 23.0 Å². The van der Waals surface area contributed by atoms with Gasteiger partial charge in [0.15, 0.2) is 11.6 Å². The molecule has 0 radical (unpaired) electrons. The molecule has 1 aromatic carbocycles. The standard InChI is InChI=1S/C25H21F3N6O/c1-4-18-30-23(35-34-18)22-29-11-16(28)21(31-22)25-9-8-13(24(25,2)3)12-10-17(32-33-20(12)25)19-14(26)6-5-7-15(19)27/h5-7,10-11,13H,4,8-9H2,1-3H3/t13-,25+/m0/s1. The first-order valence-corrected chi connectivity index (χ1v) is 11.5. The maximum absolute atomic E-state index is 15.4. The normalized spacial score (nSPS) is 21.9. The van der Waals surface area contributed by atoms with Gasteiger partial charge in [-0.15, -0.1) is 5.10 Å². The van der Waals surface area contributed by atoms with Gasteiger partial charge in [0, 0.05) is 6.42 Å². The summed E-state index contributed by atoms with van der Waals surface area (Å²) in [5, 5.41) is 12.5. The summed E-state index contributed by atoms with van der Waals surface area (Å²) >= 11 is 0. The van der Waals surface area contributed by atoms with Gasteiger partial charge in [-0.2, -0.15) is 10.1 Å². The van der Waals surface area contributed by atoms with Crippen molar-refractivity contribution in [1.29, 1.82) is 0 Å². The highest BCUT2D eigenvalue weighted by Gasteiger charge is 2.66. The summed E-state index contributed by atoms with van der Waals surface area (Å²) in [5.74, 6) is -1.28. The van der Waals surface area contributed by atoms with Crippen molar-refractivity contribution in [2.45, 2.75) is 51.4 Å². The van der Waals surface area contributed by atoms with E-state index in [0.29, 0.717) is 24.4 Å². The fraction of sp³-hybridized carbons (Fsp3) is 0.360. The van der Waals surface area contributed by atoms with Crippen LogP contribution in [0.15, 0.2) is 35.0 Å². The van der Waals surface area contributed by atoms with Gasteiger partial charge in [0.2, 0.25) is 5.82 Å². The molecule has 10 heteroatoms. The van der Waals surface area contributed by atoms with E-state index < -0.39 is 28.3 Å². The van der Waals surface area contributed by atoms with Gasteiger partial charge in [-0.25, -0.2) is 23.1 Å². The summed E-state index contributed by atoms with van der Waals surface area (Å²) in [6.45, 7) is 5.97. The third kappa shape index (κ3) is 2.85. The van der Waals surface area contributed by atoms with Crippen molar-refractivity contribution < 1.29 is 17.7 Å². The van der Waals surface area contributed by atoms with Crippen molar-refractivity contribution in [2.75, 3.05) is 0 Å². The molecule has 35 heavy (non-hydrogen) atoms. The maximum atomic E-state index is 15.4. The fourth-order valence-electron chi connectivity index (χ4n) is 5.97. The van der Waals surface area contributed by atoms with Crippen LogP contribution in [0.2, 0.25) is 0 Å². The lowest BCUT2D eigenvalue weighted by molar-refractivity contribution is 0.235. The number of benzene rings is 1. The predicted octanol–water partition coefficient (Wildman–Crippen LogP) is 5.17. The zero-order chi connectivity index (χ0) is 24.5. The van der Waals surface area contributed by atoms with Crippen LogP contribution in [0.1, 0.15) is 62.3 Å². The summed E-state index contributed by atoms with van der Waals surface area (Å²) in [7, 11) is 0. The topological polar surface area (TPSA) is 90.5 Å². The quantitative estimate of drug-likeness (QED) is 0.400. The number of nitrogens with zero attached hydrogens (tertiary/aromatic N) is 6. The molecule has 0 N–H and O–H groups in total. The maximum Gasteiger partial charge on any atom is 0.295 e. The van der Waals surface area contributed by atoms with E-state index in [4.69, 9.17) is 4.52 Å². The van der Waals surface area contributed by atoms with Gasteiger partial charge < -0.3 is 4.52 Å². The number of hydrogen-bond acceptors (Lipinski definition) is 7. The molecule has 0 spiro atoms.